The number of aliphatic hydroxyl groups excluding tert-OH is 1. The molecule has 2 aromatic carbocycles. The molecule has 0 aliphatic carbocycles. The van der Waals surface area contributed by atoms with Gasteiger partial charge >= 0.3 is 0 Å². The van der Waals surface area contributed by atoms with E-state index in [1.165, 1.54) is 26.2 Å². The molecule has 0 radical (unpaired) electrons. The lowest BCUT2D eigenvalue weighted by atomic mass is 9.94. The van der Waals surface area contributed by atoms with Gasteiger partial charge in [0, 0.05) is 23.6 Å². The molecule has 0 saturated carbocycles. The normalized spacial score (nSPS) is 15.8. The lowest BCUT2D eigenvalue weighted by Crippen LogP contribution is -2.33. The van der Waals surface area contributed by atoms with E-state index < -0.39 is 23.5 Å². The van der Waals surface area contributed by atoms with Gasteiger partial charge in [0.25, 0.3) is 5.91 Å². The minimum Gasteiger partial charge on any atom is -0.503 e. The fraction of sp³-hybridized carbons (Fsp3) is 0.333. The molecule has 1 aliphatic rings. The second kappa shape index (κ2) is 10.3. The molecule has 0 spiro atoms. The van der Waals surface area contributed by atoms with Gasteiger partial charge in [-0.05, 0) is 51.3 Å². The van der Waals surface area contributed by atoms with Gasteiger partial charge in [-0.2, -0.15) is 0 Å². The van der Waals surface area contributed by atoms with E-state index in [0.29, 0.717) is 46.7 Å². The Morgan fingerprint density at radius 1 is 1.06 bits per heavy atom. The third kappa shape index (κ3) is 4.49. The SMILES string of the molecule is COc1ccc([C@H]2C(C(=O)c3cc4cccc(OC)c4o3)=C(O)C(=O)N2CCCN(C)C)c(OC)c1. The molecule has 4 rings (SSSR count). The monoisotopic (exact) mass is 494 g/mol. The Hall–Kier alpha value is -3.98. The molecule has 9 nitrogen and oxygen atoms in total. The summed E-state index contributed by atoms with van der Waals surface area (Å²) in [6.45, 7) is 1.05. The summed E-state index contributed by atoms with van der Waals surface area (Å²) in [6, 6.07) is 11.2. The Kier molecular flexibility index (Phi) is 7.21. The molecule has 1 aromatic heterocycles. The van der Waals surface area contributed by atoms with Crippen LogP contribution in [-0.4, -0.2) is 75.1 Å². The number of nitrogens with zero attached hydrogens (tertiary/aromatic N) is 2. The summed E-state index contributed by atoms with van der Waals surface area (Å²) < 4.78 is 22.1. The maximum Gasteiger partial charge on any atom is 0.290 e. The highest BCUT2D eigenvalue weighted by atomic mass is 16.5. The number of para-hydroxylation sites is 1. The third-order valence-corrected chi connectivity index (χ3v) is 6.24. The van der Waals surface area contributed by atoms with Gasteiger partial charge in [-0.1, -0.05) is 12.1 Å². The minimum absolute atomic E-state index is 0.00327. The van der Waals surface area contributed by atoms with Crippen molar-refractivity contribution in [1.29, 1.82) is 0 Å². The van der Waals surface area contributed by atoms with Gasteiger partial charge in [-0.25, -0.2) is 0 Å². The maximum absolute atomic E-state index is 13.8. The van der Waals surface area contributed by atoms with Crippen LogP contribution in [0.4, 0.5) is 0 Å². The fourth-order valence-electron chi connectivity index (χ4n) is 4.48. The van der Waals surface area contributed by atoms with Crippen LogP contribution >= 0.6 is 0 Å². The smallest absolute Gasteiger partial charge is 0.290 e. The Morgan fingerprint density at radius 2 is 1.81 bits per heavy atom. The highest BCUT2D eigenvalue weighted by molar-refractivity contribution is 6.16. The number of methoxy groups -OCH3 is 3. The van der Waals surface area contributed by atoms with Gasteiger partial charge in [0.15, 0.2) is 22.9 Å². The van der Waals surface area contributed by atoms with Gasteiger partial charge in [0.05, 0.1) is 32.9 Å². The number of benzene rings is 2. The largest absolute Gasteiger partial charge is 0.503 e. The number of aliphatic hydroxyl groups is 1. The lowest BCUT2D eigenvalue weighted by Gasteiger charge is -2.28. The third-order valence-electron chi connectivity index (χ3n) is 6.24. The second-order valence-corrected chi connectivity index (χ2v) is 8.75. The van der Waals surface area contributed by atoms with Crippen LogP contribution in [0.2, 0.25) is 0 Å². The van der Waals surface area contributed by atoms with Crippen LogP contribution in [0.25, 0.3) is 11.0 Å². The Morgan fingerprint density at radius 3 is 2.47 bits per heavy atom. The summed E-state index contributed by atoms with van der Waals surface area (Å²) >= 11 is 0. The fourth-order valence-corrected chi connectivity index (χ4v) is 4.48. The number of amides is 1. The number of fused-ring (bicyclic) bond motifs is 1. The first kappa shape index (κ1) is 25.1. The Balaban J connectivity index is 1.82. The molecule has 9 heteroatoms. The number of ketones is 1. The second-order valence-electron chi connectivity index (χ2n) is 8.75. The predicted octanol–water partition coefficient (Wildman–Crippen LogP) is 3.99. The van der Waals surface area contributed by atoms with Crippen molar-refractivity contribution in [3.8, 4) is 17.2 Å². The first-order chi connectivity index (χ1) is 17.3. The van der Waals surface area contributed by atoms with E-state index in [-0.39, 0.29) is 11.3 Å². The Labute approximate surface area is 209 Å². The van der Waals surface area contributed by atoms with Crippen molar-refractivity contribution < 1.29 is 33.3 Å². The van der Waals surface area contributed by atoms with Crippen LogP contribution in [-0.2, 0) is 4.79 Å². The van der Waals surface area contributed by atoms with E-state index in [9.17, 15) is 14.7 Å². The highest BCUT2D eigenvalue weighted by Gasteiger charge is 2.45. The summed E-state index contributed by atoms with van der Waals surface area (Å²) in [5.41, 5.74) is 0.901. The number of carbonyl (C=O) groups excluding carboxylic acids is 2. The first-order valence-electron chi connectivity index (χ1n) is 11.5. The van der Waals surface area contributed by atoms with Crippen molar-refractivity contribution in [3.05, 3.63) is 65.1 Å². The van der Waals surface area contributed by atoms with Crippen LogP contribution in [0.3, 0.4) is 0 Å². The standard InChI is InChI=1S/C27H30N2O7/c1-28(2)12-7-13-29-23(18-11-10-17(33-3)15-20(18)35-5)22(25(31)27(29)32)24(30)21-14-16-8-6-9-19(34-4)26(16)36-21/h6,8-11,14-15,23,31H,7,12-13H2,1-5H3/t23-/m0/s1. The summed E-state index contributed by atoms with van der Waals surface area (Å²) in [7, 11) is 8.44. The number of furan rings is 1. The molecular formula is C27H30N2O7. The topological polar surface area (TPSA) is 102 Å². The minimum atomic E-state index is -0.872. The summed E-state index contributed by atoms with van der Waals surface area (Å²) in [5, 5.41) is 11.6. The number of hydrogen-bond acceptors (Lipinski definition) is 8. The van der Waals surface area contributed by atoms with E-state index in [1.807, 2.05) is 19.0 Å². The number of carbonyl (C=O) groups is 2. The number of rotatable bonds is 10. The summed E-state index contributed by atoms with van der Waals surface area (Å²) in [4.78, 5) is 30.5. The van der Waals surface area contributed by atoms with Crippen LogP contribution in [0, 0.1) is 0 Å². The zero-order valence-electron chi connectivity index (χ0n) is 21.0. The molecular weight excluding hydrogens is 464 g/mol. The number of Topliss-reactive ketones (excluding diaryl/α,β-unsaturated/α-hetero) is 1. The van der Waals surface area contributed by atoms with Crippen LogP contribution in [0.5, 0.6) is 17.2 Å². The quantitative estimate of drug-likeness (QED) is 0.422. The molecule has 190 valence electrons. The molecule has 1 aliphatic heterocycles. The van der Waals surface area contributed by atoms with Gasteiger partial charge in [0.2, 0.25) is 5.78 Å². The molecule has 3 aromatic rings. The van der Waals surface area contributed by atoms with Gasteiger partial charge in [0.1, 0.15) is 11.5 Å². The first-order valence-corrected chi connectivity index (χ1v) is 11.5. The molecule has 0 unspecified atom stereocenters. The van der Waals surface area contributed by atoms with Crippen molar-refractivity contribution >= 4 is 22.7 Å². The summed E-state index contributed by atoms with van der Waals surface area (Å²) in [5.74, 6) is -0.339. The van der Waals surface area contributed by atoms with E-state index in [1.54, 1.807) is 42.5 Å². The zero-order chi connectivity index (χ0) is 26.0. The van der Waals surface area contributed by atoms with Crippen molar-refractivity contribution in [1.82, 2.24) is 9.80 Å². The van der Waals surface area contributed by atoms with E-state index >= 15 is 0 Å². The van der Waals surface area contributed by atoms with Crippen molar-refractivity contribution in [3.63, 3.8) is 0 Å². The molecule has 0 bridgehead atoms. The van der Waals surface area contributed by atoms with Crippen LogP contribution in [0.15, 0.2) is 58.2 Å². The van der Waals surface area contributed by atoms with Gasteiger partial charge in [-0.3, -0.25) is 9.59 Å². The van der Waals surface area contributed by atoms with E-state index in [2.05, 4.69) is 0 Å². The predicted molar refractivity (Wildman–Crippen MR) is 134 cm³/mol. The molecule has 1 N–H and O–H groups in total. The highest BCUT2D eigenvalue weighted by Crippen LogP contribution is 2.44. The number of hydrogen-bond donors (Lipinski definition) is 1. The van der Waals surface area contributed by atoms with Crippen molar-refractivity contribution in [2.75, 3.05) is 48.5 Å². The molecule has 1 amide bonds. The van der Waals surface area contributed by atoms with Crippen LogP contribution in [0.1, 0.15) is 28.6 Å². The van der Waals surface area contributed by atoms with Crippen molar-refractivity contribution in [2.24, 2.45) is 0 Å². The lowest BCUT2D eigenvalue weighted by molar-refractivity contribution is -0.129. The maximum atomic E-state index is 13.8. The Bertz CT molecular complexity index is 1320. The van der Waals surface area contributed by atoms with Gasteiger partial charge in [-0.15, -0.1) is 0 Å². The molecule has 2 heterocycles. The van der Waals surface area contributed by atoms with Gasteiger partial charge < -0.3 is 33.5 Å². The molecule has 0 saturated heterocycles. The number of ether oxygens (including phenoxy) is 3. The van der Waals surface area contributed by atoms with E-state index in [0.717, 1.165) is 6.54 Å². The van der Waals surface area contributed by atoms with E-state index in [4.69, 9.17) is 18.6 Å². The molecule has 36 heavy (non-hydrogen) atoms. The average molecular weight is 495 g/mol. The summed E-state index contributed by atoms with van der Waals surface area (Å²) in [6.07, 6.45) is 0.643. The average Bonchev–Trinajstić information content (AvgIpc) is 3.42. The van der Waals surface area contributed by atoms with Crippen LogP contribution < -0.4 is 14.2 Å². The molecule has 1 atom stereocenters. The molecule has 0 fully saturated rings. The zero-order valence-corrected chi connectivity index (χ0v) is 21.0. The van der Waals surface area contributed by atoms with Crippen molar-refractivity contribution in [2.45, 2.75) is 12.5 Å².